The second-order valence-electron chi connectivity index (χ2n) is 11.5. The molecule has 2 fully saturated rings. The van der Waals surface area contributed by atoms with Crippen LogP contribution in [-0.4, -0.2) is 62.2 Å². The molecule has 0 unspecified atom stereocenters. The molecule has 220 valence electrons. The lowest BCUT2D eigenvalue weighted by atomic mass is 9.79. The predicted molar refractivity (Wildman–Crippen MR) is 145 cm³/mol. The Balaban J connectivity index is 1.37. The molecule has 3 aromatic rings. The predicted octanol–water partition coefficient (Wildman–Crippen LogP) is 4.83. The summed E-state index contributed by atoms with van der Waals surface area (Å²) in [5.41, 5.74) is 1.14. The van der Waals surface area contributed by atoms with Gasteiger partial charge in [0.25, 0.3) is 17.7 Å². The average Bonchev–Trinajstić information content (AvgIpc) is 3.57. The largest absolute Gasteiger partial charge is 0.364 e. The fraction of sp³-hybridized carbons (Fsp3) is 0.448. The molecule has 0 bridgehead atoms. The van der Waals surface area contributed by atoms with Crippen LogP contribution in [0.15, 0.2) is 40.8 Å². The number of aromatic amines is 1. The minimum absolute atomic E-state index is 0.0165. The lowest BCUT2D eigenvalue weighted by molar-refractivity contribution is -0.466. The van der Waals surface area contributed by atoms with E-state index in [9.17, 15) is 23.3 Å². The summed E-state index contributed by atoms with van der Waals surface area (Å²) in [5.74, 6) is -3.81. The van der Waals surface area contributed by atoms with Gasteiger partial charge in [0.15, 0.2) is 5.82 Å². The molecule has 0 radical (unpaired) electrons. The van der Waals surface area contributed by atoms with Crippen LogP contribution in [0.4, 0.5) is 13.2 Å². The summed E-state index contributed by atoms with van der Waals surface area (Å²) in [6.07, 6.45) is 7.28. The van der Waals surface area contributed by atoms with Gasteiger partial charge in [0.05, 0.1) is 35.9 Å². The third kappa shape index (κ3) is 5.12. The SMILES string of the molecule is Cc1nocc1C(=O)N[C@H](c1nc2c(F)c(C3=C(C(=O)N4CC(F)(F)C4)C=C[N+](=O)C3)ccc2[nH]1)C1CCC(C)CC1. The maximum Gasteiger partial charge on any atom is 0.282 e. The standard InChI is InChI=1S/C29H29F3N6O4/c1-15-3-5-17(6-4-15)24(35-27(39)21-12-42-36-16(21)2)26-33-22-8-7-18(23(30)25(22)34-26)20-11-38(41)10-9-19(20)28(40)37-13-29(31,32)14-37/h7-10,12,15,17,24H,3-6,11,13-14H2,1-2H3,(H-,33,34,35,39,40,41)/p+1/t15?,17?,24-/m0/s1. The number of fused-ring (bicyclic) bond motifs is 1. The first kappa shape index (κ1) is 27.9. The van der Waals surface area contributed by atoms with Gasteiger partial charge in [0.2, 0.25) is 12.7 Å². The second-order valence-corrected chi connectivity index (χ2v) is 11.5. The normalized spacial score (nSPS) is 22.8. The highest BCUT2D eigenvalue weighted by molar-refractivity contribution is 6.05. The molecule has 1 aliphatic carbocycles. The summed E-state index contributed by atoms with van der Waals surface area (Å²) in [4.78, 5) is 47.1. The summed E-state index contributed by atoms with van der Waals surface area (Å²) in [6, 6.07) is 2.49. The summed E-state index contributed by atoms with van der Waals surface area (Å²) in [6.45, 7) is 2.05. The molecule has 1 saturated carbocycles. The van der Waals surface area contributed by atoms with E-state index in [1.54, 1.807) is 13.0 Å². The van der Waals surface area contributed by atoms with Crippen LogP contribution in [0.3, 0.4) is 0 Å². The van der Waals surface area contributed by atoms with Crippen LogP contribution in [0.1, 0.15) is 66.1 Å². The van der Waals surface area contributed by atoms with Crippen molar-refractivity contribution in [2.75, 3.05) is 19.6 Å². The molecule has 2 amide bonds. The zero-order valence-electron chi connectivity index (χ0n) is 23.1. The molecule has 13 heteroatoms. The monoisotopic (exact) mass is 583 g/mol. The number of hydrogen-bond acceptors (Lipinski definition) is 6. The van der Waals surface area contributed by atoms with Gasteiger partial charge in [-0.15, -0.1) is 0 Å². The van der Waals surface area contributed by atoms with Crippen molar-refractivity contribution in [2.24, 2.45) is 11.8 Å². The molecule has 0 spiro atoms. The number of carbonyl (C=O) groups is 2. The second kappa shape index (κ2) is 10.5. The summed E-state index contributed by atoms with van der Waals surface area (Å²) in [7, 11) is 0. The minimum Gasteiger partial charge on any atom is -0.364 e. The Morgan fingerprint density at radius 2 is 1.95 bits per heavy atom. The van der Waals surface area contributed by atoms with Crippen molar-refractivity contribution in [3.63, 3.8) is 0 Å². The molecule has 1 atom stereocenters. The van der Waals surface area contributed by atoms with Gasteiger partial charge in [0, 0.05) is 26.9 Å². The van der Waals surface area contributed by atoms with E-state index < -0.39 is 36.8 Å². The van der Waals surface area contributed by atoms with Crippen molar-refractivity contribution in [3.8, 4) is 0 Å². The van der Waals surface area contributed by atoms with E-state index in [0.717, 1.165) is 36.8 Å². The fourth-order valence-corrected chi connectivity index (χ4v) is 6.01. The van der Waals surface area contributed by atoms with Gasteiger partial charge in [-0.25, -0.2) is 18.2 Å². The topological polar surface area (TPSA) is 124 Å². The number of H-pyrrole nitrogens is 1. The average molecular weight is 584 g/mol. The number of nitrogens with zero attached hydrogens (tertiary/aromatic N) is 4. The Kier molecular flexibility index (Phi) is 6.98. The molecule has 2 N–H and O–H groups in total. The zero-order valence-corrected chi connectivity index (χ0v) is 23.1. The van der Waals surface area contributed by atoms with Crippen molar-refractivity contribution in [3.05, 3.63) is 69.6 Å². The van der Waals surface area contributed by atoms with Gasteiger partial charge < -0.3 is 19.7 Å². The number of alkyl halides is 2. The number of nitrogens with one attached hydrogen (secondary N) is 2. The van der Waals surface area contributed by atoms with E-state index >= 15 is 4.39 Å². The van der Waals surface area contributed by atoms with Gasteiger partial charge in [0.1, 0.15) is 23.2 Å². The van der Waals surface area contributed by atoms with Gasteiger partial charge in [-0.2, -0.15) is 0 Å². The highest BCUT2D eigenvalue weighted by Gasteiger charge is 2.47. The molecule has 6 rings (SSSR count). The Hall–Kier alpha value is -4.29. The fourth-order valence-electron chi connectivity index (χ4n) is 6.01. The quantitative estimate of drug-likeness (QED) is 0.401. The highest BCUT2D eigenvalue weighted by atomic mass is 19.3. The molecular weight excluding hydrogens is 553 g/mol. The van der Waals surface area contributed by atoms with Crippen LogP contribution < -0.4 is 5.32 Å². The third-order valence-electron chi connectivity index (χ3n) is 8.45. The number of nitroso groups, excluding NO2 is 1. The van der Waals surface area contributed by atoms with Crippen LogP contribution in [0.5, 0.6) is 0 Å². The van der Waals surface area contributed by atoms with Crippen molar-refractivity contribution >= 4 is 28.4 Å². The Morgan fingerprint density at radius 3 is 2.62 bits per heavy atom. The van der Waals surface area contributed by atoms with Gasteiger partial charge >= 0.3 is 0 Å². The Morgan fingerprint density at radius 1 is 1.21 bits per heavy atom. The van der Waals surface area contributed by atoms with Crippen molar-refractivity contribution in [1.29, 1.82) is 0 Å². The zero-order chi connectivity index (χ0) is 29.8. The van der Waals surface area contributed by atoms with E-state index in [0.29, 0.717) is 33.3 Å². The molecule has 1 aromatic carbocycles. The van der Waals surface area contributed by atoms with E-state index in [1.165, 1.54) is 18.4 Å². The summed E-state index contributed by atoms with van der Waals surface area (Å²) < 4.78 is 48.5. The van der Waals surface area contributed by atoms with E-state index in [2.05, 4.69) is 27.4 Å². The minimum atomic E-state index is -2.97. The molecule has 3 aliphatic rings. The number of halogens is 3. The lowest BCUT2D eigenvalue weighted by Gasteiger charge is -2.39. The lowest BCUT2D eigenvalue weighted by Crippen LogP contribution is -2.58. The Bertz CT molecular complexity index is 1640. The third-order valence-corrected chi connectivity index (χ3v) is 8.45. The molecule has 10 nitrogen and oxygen atoms in total. The Labute approximate surface area is 238 Å². The van der Waals surface area contributed by atoms with Crippen LogP contribution in [0.2, 0.25) is 0 Å². The number of likely N-dealkylation sites (tertiary alicyclic amines) is 1. The van der Waals surface area contributed by atoms with E-state index in [-0.39, 0.29) is 40.6 Å². The van der Waals surface area contributed by atoms with Gasteiger partial charge in [-0.1, -0.05) is 24.9 Å². The number of amides is 2. The molecular formula is C29H30F3N6O4+. The number of aryl methyl sites for hydroxylation is 1. The van der Waals surface area contributed by atoms with E-state index in [1.807, 2.05) is 0 Å². The number of rotatable bonds is 6. The van der Waals surface area contributed by atoms with Crippen molar-refractivity contribution < 1.29 is 32.0 Å². The number of carbonyl (C=O) groups excluding carboxylic acids is 2. The van der Waals surface area contributed by atoms with Crippen LogP contribution in [-0.2, 0) is 4.79 Å². The van der Waals surface area contributed by atoms with Crippen molar-refractivity contribution in [1.82, 2.24) is 25.3 Å². The van der Waals surface area contributed by atoms with Crippen molar-refractivity contribution in [2.45, 2.75) is 51.5 Å². The van der Waals surface area contributed by atoms with Crippen LogP contribution in [0, 0.1) is 29.5 Å². The number of benzene rings is 1. The molecule has 2 aliphatic heterocycles. The first-order chi connectivity index (χ1) is 20.0. The van der Waals surface area contributed by atoms with Gasteiger partial charge in [-0.05, 0) is 43.7 Å². The van der Waals surface area contributed by atoms with E-state index in [4.69, 9.17) is 4.52 Å². The molecule has 1 saturated heterocycles. The number of aromatic nitrogens is 3. The number of hydrogen-bond donors (Lipinski definition) is 2. The van der Waals surface area contributed by atoms with Crippen LogP contribution >= 0.6 is 0 Å². The molecule has 2 aromatic heterocycles. The molecule has 42 heavy (non-hydrogen) atoms. The van der Waals surface area contributed by atoms with Gasteiger partial charge in [-0.3, -0.25) is 9.59 Å². The summed E-state index contributed by atoms with van der Waals surface area (Å²) in [5, 5.41) is 6.83. The maximum absolute atomic E-state index is 16.1. The molecule has 4 heterocycles. The first-order valence-corrected chi connectivity index (χ1v) is 13.9. The summed E-state index contributed by atoms with van der Waals surface area (Å²) >= 11 is 0. The number of imidazole rings is 1. The highest BCUT2D eigenvalue weighted by Crippen LogP contribution is 2.38. The van der Waals surface area contributed by atoms with Crippen LogP contribution in [0.25, 0.3) is 16.6 Å². The maximum atomic E-state index is 16.1. The first-order valence-electron chi connectivity index (χ1n) is 13.9. The smallest absolute Gasteiger partial charge is 0.282 e.